The number of hydrogen-bond acceptors (Lipinski definition) is 7. The number of sulfonamides is 1. The SMILES string of the molecule is COc1ccccc1NC(=O)COC(=O)c1cc(S(=O)(=O)N2CCCCCC2)ccc1OC. The number of amides is 1. The number of nitrogens with zero attached hydrogens (tertiary/aromatic N) is 1. The minimum atomic E-state index is -3.77. The van der Waals surface area contributed by atoms with Gasteiger partial charge in [0.2, 0.25) is 10.0 Å². The zero-order valence-electron chi connectivity index (χ0n) is 18.7. The van der Waals surface area contributed by atoms with Gasteiger partial charge in [-0.05, 0) is 43.2 Å². The third-order valence-electron chi connectivity index (χ3n) is 5.31. The molecule has 9 nitrogen and oxygen atoms in total. The third-order valence-corrected chi connectivity index (χ3v) is 7.20. The highest BCUT2D eigenvalue weighted by Gasteiger charge is 2.27. The molecule has 3 rings (SSSR count). The summed E-state index contributed by atoms with van der Waals surface area (Å²) in [6, 6.07) is 10.9. The van der Waals surface area contributed by atoms with Gasteiger partial charge < -0.3 is 19.5 Å². The lowest BCUT2D eigenvalue weighted by molar-refractivity contribution is -0.119. The summed E-state index contributed by atoms with van der Waals surface area (Å²) >= 11 is 0. The van der Waals surface area contributed by atoms with Crippen LogP contribution in [-0.2, 0) is 19.6 Å². The lowest BCUT2D eigenvalue weighted by Crippen LogP contribution is -2.32. The van der Waals surface area contributed by atoms with Crippen molar-refractivity contribution in [2.45, 2.75) is 30.6 Å². The molecule has 1 N–H and O–H groups in total. The molecule has 2 aromatic carbocycles. The number of hydrogen-bond donors (Lipinski definition) is 1. The Balaban J connectivity index is 1.73. The van der Waals surface area contributed by atoms with Crippen LogP contribution in [0.1, 0.15) is 36.0 Å². The van der Waals surface area contributed by atoms with Crippen molar-refractivity contribution in [2.75, 3.05) is 39.2 Å². The highest BCUT2D eigenvalue weighted by molar-refractivity contribution is 7.89. The molecule has 0 unspecified atom stereocenters. The first-order valence-corrected chi connectivity index (χ1v) is 12.1. The van der Waals surface area contributed by atoms with Gasteiger partial charge in [0, 0.05) is 13.1 Å². The summed E-state index contributed by atoms with van der Waals surface area (Å²) < 4.78 is 43.2. The fourth-order valence-corrected chi connectivity index (χ4v) is 5.13. The summed E-state index contributed by atoms with van der Waals surface area (Å²) in [4.78, 5) is 24.9. The van der Waals surface area contributed by atoms with E-state index in [1.54, 1.807) is 24.3 Å². The Morgan fingerprint density at radius 1 is 0.939 bits per heavy atom. The molecule has 2 aromatic rings. The van der Waals surface area contributed by atoms with Crippen LogP contribution < -0.4 is 14.8 Å². The second-order valence-electron chi connectivity index (χ2n) is 7.50. The molecule has 0 spiro atoms. The van der Waals surface area contributed by atoms with E-state index in [0.717, 1.165) is 25.7 Å². The average Bonchev–Trinajstić information content (AvgIpc) is 3.13. The molecule has 1 heterocycles. The van der Waals surface area contributed by atoms with E-state index in [1.807, 2.05) is 0 Å². The summed E-state index contributed by atoms with van der Waals surface area (Å²) in [6.07, 6.45) is 3.57. The van der Waals surface area contributed by atoms with Gasteiger partial charge in [0.15, 0.2) is 6.61 Å². The van der Waals surface area contributed by atoms with Gasteiger partial charge in [-0.3, -0.25) is 4.79 Å². The molecule has 33 heavy (non-hydrogen) atoms. The Hall–Kier alpha value is -3.11. The fourth-order valence-electron chi connectivity index (χ4n) is 3.58. The van der Waals surface area contributed by atoms with E-state index < -0.39 is 28.5 Å². The van der Waals surface area contributed by atoms with Crippen molar-refractivity contribution < 1.29 is 32.2 Å². The van der Waals surface area contributed by atoms with E-state index in [-0.39, 0.29) is 16.2 Å². The molecule has 178 valence electrons. The second-order valence-corrected chi connectivity index (χ2v) is 9.44. The van der Waals surface area contributed by atoms with E-state index in [0.29, 0.717) is 24.5 Å². The summed E-state index contributed by atoms with van der Waals surface area (Å²) in [7, 11) is -0.928. The quantitative estimate of drug-likeness (QED) is 0.583. The predicted octanol–water partition coefficient (Wildman–Crippen LogP) is 3.06. The van der Waals surface area contributed by atoms with E-state index >= 15 is 0 Å². The van der Waals surface area contributed by atoms with E-state index in [2.05, 4.69) is 5.32 Å². The minimum Gasteiger partial charge on any atom is -0.496 e. The summed E-state index contributed by atoms with van der Waals surface area (Å²) in [5.41, 5.74) is 0.364. The number of anilines is 1. The molecule has 1 saturated heterocycles. The molecule has 0 aliphatic carbocycles. The van der Waals surface area contributed by atoms with Crippen molar-refractivity contribution >= 4 is 27.6 Å². The van der Waals surface area contributed by atoms with Gasteiger partial charge in [0.05, 0.1) is 24.8 Å². The zero-order chi connectivity index (χ0) is 23.8. The molecule has 0 atom stereocenters. The van der Waals surface area contributed by atoms with Gasteiger partial charge in [-0.2, -0.15) is 4.31 Å². The standard InChI is InChI=1S/C23H28N2O7S/c1-30-20-12-11-17(33(28,29)25-13-7-3-4-8-14-25)15-18(20)23(27)32-16-22(26)24-19-9-5-6-10-21(19)31-2/h5-6,9-12,15H,3-4,7-8,13-14,16H2,1-2H3,(H,24,26). The fraction of sp³-hybridized carbons (Fsp3) is 0.391. The number of nitrogens with one attached hydrogen (secondary N) is 1. The Kier molecular flexibility index (Phi) is 8.29. The Morgan fingerprint density at radius 2 is 1.61 bits per heavy atom. The number of ether oxygens (including phenoxy) is 3. The maximum atomic E-state index is 13.1. The highest BCUT2D eigenvalue weighted by atomic mass is 32.2. The number of rotatable bonds is 8. The van der Waals surface area contributed by atoms with Gasteiger partial charge in [-0.15, -0.1) is 0 Å². The van der Waals surface area contributed by atoms with Crippen molar-refractivity contribution in [1.82, 2.24) is 4.31 Å². The van der Waals surface area contributed by atoms with Crippen LogP contribution in [0, 0.1) is 0 Å². The van der Waals surface area contributed by atoms with E-state index in [4.69, 9.17) is 14.2 Å². The van der Waals surface area contributed by atoms with Crippen LogP contribution in [0.3, 0.4) is 0 Å². The number of carbonyl (C=O) groups excluding carboxylic acids is 2. The molecule has 1 aliphatic heterocycles. The zero-order valence-corrected chi connectivity index (χ0v) is 19.5. The monoisotopic (exact) mass is 476 g/mol. The van der Waals surface area contributed by atoms with Crippen LogP contribution in [0.15, 0.2) is 47.4 Å². The first-order valence-electron chi connectivity index (χ1n) is 10.6. The van der Waals surface area contributed by atoms with Gasteiger partial charge in [0.1, 0.15) is 17.1 Å². The summed E-state index contributed by atoms with van der Waals surface area (Å²) in [6.45, 7) is 0.317. The topological polar surface area (TPSA) is 111 Å². The third kappa shape index (κ3) is 6.02. The number of carbonyl (C=O) groups is 2. The van der Waals surface area contributed by atoms with Crippen LogP contribution in [0.4, 0.5) is 5.69 Å². The van der Waals surface area contributed by atoms with E-state index in [1.165, 1.54) is 36.7 Å². The van der Waals surface area contributed by atoms with Crippen molar-refractivity contribution in [3.8, 4) is 11.5 Å². The Morgan fingerprint density at radius 3 is 2.27 bits per heavy atom. The largest absolute Gasteiger partial charge is 0.496 e. The maximum absolute atomic E-state index is 13.1. The van der Waals surface area contributed by atoms with Crippen molar-refractivity contribution in [3.05, 3.63) is 48.0 Å². The number of methoxy groups -OCH3 is 2. The lowest BCUT2D eigenvalue weighted by Gasteiger charge is -2.20. The van der Waals surface area contributed by atoms with Crippen molar-refractivity contribution in [3.63, 3.8) is 0 Å². The van der Waals surface area contributed by atoms with Crippen molar-refractivity contribution in [2.24, 2.45) is 0 Å². The van der Waals surface area contributed by atoms with Gasteiger partial charge in [0.25, 0.3) is 5.91 Å². The normalized spacial score (nSPS) is 14.7. The smallest absolute Gasteiger partial charge is 0.342 e. The molecule has 10 heteroatoms. The molecule has 0 saturated carbocycles. The first-order chi connectivity index (χ1) is 15.9. The molecule has 1 fully saturated rings. The lowest BCUT2D eigenvalue weighted by atomic mass is 10.2. The molecule has 1 amide bonds. The Labute approximate surface area is 193 Å². The van der Waals surface area contributed by atoms with Crippen LogP contribution in [-0.4, -0.2) is 58.5 Å². The molecular formula is C23H28N2O7S. The first kappa shape index (κ1) is 24.5. The molecule has 0 aromatic heterocycles. The van der Waals surface area contributed by atoms with Gasteiger partial charge in [-0.1, -0.05) is 25.0 Å². The molecule has 1 aliphatic rings. The molecular weight excluding hydrogens is 448 g/mol. The minimum absolute atomic E-state index is 0.0179. The summed E-state index contributed by atoms with van der Waals surface area (Å²) in [5.74, 6) is -0.819. The maximum Gasteiger partial charge on any atom is 0.342 e. The van der Waals surface area contributed by atoms with Crippen molar-refractivity contribution in [1.29, 1.82) is 0 Å². The summed E-state index contributed by atoms with van der Waals surface area (Å²) in [5, 5.41) is 2.61. The molecule has 0 bridgehead atoms. The number of benzene rings is 2. The van der Waals surface area contributed by atoms with Crippen LogP contribution in [0.5, 0.6) is 11.5 Å². The van der Waals surface area contributed by atoms with Gasteiger partial charge >= 0.3 is 5.97 Å². The highest BCUT2D eigenvalue weighted by Crippen LogP contribution is 2.27. The number of esters is 1. The number of para-hydroxylation sites is 2. The molecule has 0 radical (unpaired) electrons. The van der Waals surface area contributed by atoms with Gasteiger partial charge in [-0.25, -0.2) is 13.2 Å². The predicted molar refractivity (Wildman–Crippen MR) is 122 cm³/mol. The van der Waals surface area contributed by atoms with Crippen LogP contribution in [0.2, 0.25) is 0 Å². The second kappa shape index (κ2) is 11.2. The average molecular weight is 477 g/mol. The van der Waals surface area contributed by atoms with Crippen LogP contribution in [0.25, 0.3) is 0 Å². The Bertz CT molecular complexity index is 1090. The van der Waals surface area contributed by atoms with E-state index in [9.17, 15) is 18.0 Å². The van der Waals surface area contributed by atoms with Crippen LogP contribution >= 0.6 is 0 Å².